The van der Waals surface area contributed by atoms with Crippen LogP contribution < -0.4 is 15.2 Å². The molecule has 0 saturated carbocycles. The van der Waals surface area contributed by atoms with Gasteiger partial charge in [-0.15, -0.1) is 0 Å². The van der Waals surface area contributed by atoms with Gasteiger partial charge in [0.15, 0.2) is 0 Å². The molecule has 1 aromatic carbocycles. The lowest BCUT2D eigenvalue weighted by molar-refractivity contribution is 0.341. The lowest BCUT2D eigenvalue weighted by atomic mass is 10.3. The van der Waals surface area contributed by atoms with Crippen LogP contribution in [0.2, 0.25) is 0 Å². The molecule has 3 N–H and O–H groups in total. The fourth-order valence-corrected chi connectivity index (χ4v) is 2.52. The van der Waals surface area contributed by atoms with Crippen molar-refractivity contribution < 1.29 is 13.2 Å². The number of rotatable bonds is 6. The van der Waals surface area contributed by atoms with E-state index in [-0.39, 0.29) is 12.4 Å². The smallest absolute Gasteiger partial charge is 0.236 e. The highest BCUT2D eigenvalue weighted by Gasteiger charge is 2.11. The highest BCUT2D eigenvalue weighted by molar-refractivity contribution is 7.92. The first-order chi connectivity index (χ1) is 9.94. The molecule has 2 rings (SSSR count). The molecule has 21 heavy (non-hydrogen) atoms. The molecule has 0 atom stereocenters. The van der Waals surface area contributed by atoms with Crippen molar-refractivity contribution in [1.29, 1.82) is 0 Å². The second kappa shape index (κ2) is 6.45. The molecule has 6 nitrogen and oxygen atoms in total. The Hall–Kier alpha value is -2.28. The van der Waals surface area contributed by atoms with Crippen molar-refractivity contribution in [1.82, 2.24) is 4.98 Å². The third-order valence-electron chi connectivity index (χ3n) is 2.66. The number of nitrogens with two attached hydrogens (primary N) is 1. The Morgan fingerprint density at radius 2 is 2.10 bits per heavy atom. The summed E-state index contributed by atoms with van der Waals surface area (Å²) in [5.74, 6) is 0.387. The average molecular weight is 307 g/mol. The molecule has 7 heteroatoms. The van der Waals surface area contributed by atoms with Crippen LogP contribution in [0.25, 0.3) is 0 Å². The number of hydrogen-bond donors (Lipinski definition) is 2. The highest BCUT2D eigenvalue weighted by Crippen LogP contribution is 2.14. The monoisotopic (exact) mass is 307 g/mol. The number of nitrogens with zero attached hydrogens (tertiary/aromatic N) is 1. The molecule has 0 spiro atoms. The maximum atomic E-state index is 11.9. The van der Waals surface area contributed by atoms with Gasteiger partial charge >= 0.3 is 0 Å². The summed E-state index contributed by atoms with van der Waals surface area (Å²) < 4.78 is 31.6. The van der Waals surface area contributed by atoms with E-state index >= 15 is 0 Å². The molecule has 0 bridgehead atoms. The van der Waals surface area contributed by atoms with Crippen LogP contribution in [0, 0.1) is 6.92 Å². The number of aryl methyl sites for hydroxylation is 1. The van der Waals surface area contributed by atoms with Gasteiger partial charge < -0.3 is 10.5 Å². The van der Waals surface area contributed by atoms with Gasteiger partial charge in [0, 0.05) is 17.4 Å². The van der Waals surface area contributed by atoms with Crippen LogP contribution in [-0.4, -0.2) is 25.8 Å². The Balaban J connectivity index is 1.88. The quantitative estimate of drug-likeness (QED) is 0.793. The van der Waals surface area contributed by atoms with Crippen LogP contribution in [0.15, 0.2) is 42.6 Å². The van der Waals surface area contributed by atoms with Gasteiger partial charge in [0.1, 0.15) is 18.1 Å². The van der Waals surface area contributed by atoms with Crippen molar-refractivity contribution in [2.24, 2.45) is 0 Å². The first kappa shape index (κ1) is 15.1. The first-order valence-corrected chi connectivity index (χ1v) is 8.01. The van der Waals surface area contributed by atoms with Crippen LogP contribution in [0.3, 0.4) is 0 Å². The fraction of sp³-hybridized carbons (Fsp3) is 0.214. The lowest BCUT2D eigenvalue weighted by Crippen LogP contribution is -2.21. The second-order valence-electron chi connectivity index (χ2n) is 4.53. The molecule has 0 fully saturated rings. The number of hydrogen-bond acceptors (Lipinski definition) is 5. The van der Waals surface area contributed by atoms with Crippen molar-refractivity contribution >= 4 is 21.4 Å². The summed E-state index contributed by atoms with van der Waals surface area (Å²) >= 11 is 0. The minimum Gasteiger partial charge on any atom is -0.492 e. The molecule has 1 heterocycles. The topological polar surface area (TPSA) is 94.3 Å². The number of pyridine rings is 1. The zero-order chi connectivity index (χ0) is 15.3. The van der Waals surface area contributed by atoms with Crippen molar-refractivity contribution in [3.05, 3.63) is 48.3 Å². The predicted octanol–water partition coefficient (Wildman–Crippen LogP) is 1.79. The summed E-state index contributed by atoms with van der Waals surface area (Å²) in [5, 5.41) is 0. The Morgan fingerprint density at radius 3 is 2.76 bits per heavy atom. The largest absolute Gasteiger partial charge is 0.492 e. The van der Waals surface area contributed by atoms with Crippen LogP contribution in [0.5, 0.6) is 5.75 Å². The van der Waals surface area contributed by atoms with E-state index in [4.69, 9.17) is 10.5 Å². The van der Waals surface area contributed by atoms with Crippen molar-refractivity contribution in [2.45, 2.75) is 6.92 Å². The maximum Gasteiger partial charge on any atom is 0.236 e. The van der Waals surface area contributed by atoms with E-state index in [9.17, 15) is 8.42 Å². The number of ether oxygens (including phenoxy) is 1. The second-order valence-corrected chi connectivity index (χ2v) is 6.37. The molecule has 0 aliphatic rings. The van der Waals surface area contributed by atoms with E-state index in [0.717, 1.165) is 5.69 Å². The van der Waals surface area contributed by atoms with Crippen LogP contribution in [0.4, 0.5) is 11.4 Å². The molecule has 0 amide bonds. The van der Waals surface area contributed by atoms with Gasteiger partial charge in [-0.25, -0.2) is 8.42 Å². The normalized spacial score (nSPS) is 11.1. The maximum absolute atomic E-state index is 11.9. The van der Waals surface area contributed by atoms with Gasteiger partial charge in [-0.1, -0.05) is 6.07 Å². The van der Waals surface area contributed by atoms with Crippen molar-refractivity contribution in [3.63, 3.8) is 0 Å². The molecule has 0 unspecified atom stereocenters. The zero-order valence-corrected chi connectivity index (χ0v) is 12.4. The Kier molecular flexibility index (Phi) is 4.64. The lowest BCUT2D eigenvalue weighted by Gasteiger charge is -2.09. The van der Waals surface area contributed by atoms with E-state index in [1.807, 2.05) is 6.92 Å². The van der Waals surface area contributed by atoms with Gasteiger partial charge in [0.2, 0.25) is 10.0 Å². The van der Waals surface area contributed by atoms with E-state index in [1.165, 1.54) is 6.20 Å². The third-order valence-corrected chi connectivity index (χ3v) is 3.91. The van der Waals surface area contributed by atoms with Gasteiger partial charge in [-0.3, -0.25) is 9.71 Å². The minimum atomic E-state index is -3.47. The van der Waals surface area contributed by atoms with E-state index < -0.39 is 10.0 Å². The molecule has 112 valence electrons. The molecule has 2 aromatic rings. The molecular formula is C14H17N3O3S. The number of aromatic nitrogens is 1. The van der Waals surface area contributed by atoms with Crippen molar-refractivity contribution in [2.75, 3.05) is 22.8 Å². The molecule has 0 aliphatic heterocycles. The minimum absolute atomic E-state index is 0.0398. The molecular weight excluding hydrogens is 290 g/mol. The summed E-state index contributed by atoms with van der Waals surface area (Å²) in [6.45, 7) is 1.87. The first-order valence-electron chi connectivity index (χ1n) is 6.36. The summed E-state index contributed by atoms with van der Waals surface area (Å²) in [4.78, 5) is 4.03. The van der Waals surface area contributed by atoms with E-state index in [1.54, 1.807) is 36.4 Å². The number of sulfonamides is 1. The zero-order valence-electron chi connectivity index (χ0n) is 11.6. The predicted molar refractivity (Wildman–Crippen MR) is 82.7 cm³/mol. The molecule has 0 aliphatic carbocycles. The SMILES string of the molecule is Cc1ccc(NS(=O)(=O)CCOc2cccc(N)c2)cn1. The van der Waals surface area contributed by atoms with E-state index in [0.29, 0.717) is 17.1 Å². The van der Waals surface area contributed by atoms with Gasteiger partial charge in [0.05, 0.1) is 11.9 Å². The van der Waals surface area contributed by atoms with Crippen LogP contribution >= 0.6 is 0 Å². The Bertz CT molecular complexity index is 700. The Labute approximate surface area is 124 Å². The van der Waals surface area contributed by atoms with E-state index in [2.05, 4.69) is 9.71 Å². The number of nitrogen functional groups attached to an aromatic ring is 1. The summed E-state index contributed by atoms with van der Waals surface area (Å²) in [6.07, 6.45) is 1.48. The fourth-order valence-electron chi connectivity index (χ4n) is 1.63. The number of nitrogens with one attached hydrogen (secondary N) is 1. The number of anilines is 2. The van der Waals surface area contributed by atoms with Crippen LogP contribution in [-0.2, 0) is 10.0 Å². The van der Waals surface area contributed by atoms with Crippen LogP contribution in [0.1, 0.15) is 5.69 Å². The third kappa shape index (κ3) is 4.96. The molecule has 0 saturated heterocycles. The van der Waals surface area contributed by atoms with Gasteiger partial charge in [0.25, 0.3) is 0 Å². The summed E-state index contributed by atoms with van der Waals surface area (Å²) in [7, 11) is -3.47. The summed E-state index contributed by atoms with van der Waals surface area (Å²) in [5.41, 5.74) is 7.44. The number of benzene rings is 1. The van der Waals surface area contributed by atoms with Gasteiger partial charge in [-0.2, -0.15) is 0 Å². The Morgan fingerprint density at radius 1 is 1.29 bits per heavy atom. The van der Waals surface area contributed by atoms with Gasteiger partial charge in [-0.05, 0) is 31.2 Å². The molecule has 1 aromatic heterocycles. The summed E-state index contributed by atoms with van der Waals surface area (Å²) in [6, 6.07) is 10.2. The standard InChI is InChI=1S/C14H17N3O3S/c1-11-5-6-13(10-16-11)17-21(18,19)8-7-20-14-4-2-3-12(15)9-14/h2-6,9-10,17H,7-8,15H2,1H3. The average Bonchev–Trinajstić information content (AvgIpc) is 2.41. The van der Waals surface area contributed by atoms with Crippen molar-refractivity contribution in [3.8, 4) is 5.75 Å². The highest BCUT2D eigenvalue weighted by atomic mass is 32.2. The molecule has 0 radical (unpaired) electrons.